The van der Waals surface area contributed by atoms with E-state index in [0.29, 0.717) is 27.8 Å². The number of para-hydroxylation sites is 2. The molecular weight excluding hydrogens is 885 g/mol. The highest BCUT2D eigenvalue weighted by atomic mass is 16.6. The van der Waals surface area contributed by atoms with Gasteiger partial charge >= 0.3 is 18.0 Å². The van der Waals surface area contributed by atoms with Crippen molar-refractivity contribution >= 4 is 46.3 Å². The number of aromatic nitrogens is 3. The molecule has 2 saturated heterocycles. The number of nitro benzene ring substituents is 1. The minimum absolute atomic E-state index is 0.0180. The summed E-state index contributed by atoms with van der Waals surface area (Å²) in [5.41, 5.74) is 1.20. The van der Waals surface area contributed by atoms with Crippen molar-refractivity contribution in [2.75, 3.05) is 18.1 Å². The standard InChI is InChI=1S/C52H40N6O11/c59-28-29-67-42-20-10-7-17-37(42)47-52(43(48(60)61)45-49(62)69-46(35-15-5-2-6-16-35)44(57(45)47)34-13-3-1-4-14-34)38-30-32(12-11-27-55-41-19-9-8-18-39(41)53-54-55)23-26-40(38)56(50(52)63)51(64)68-31-33-21-24-36(25-22-33)58(65)66/h1-10,13-26,30,43-47,59H,27-29,31H2,(H,60,61)/t43-,44-,45-,46+,47+,52-/m1/s1. The number of carboxylic acid groups (broad SMARTS) is 1. The van der Waals surface area contributed by atoms with E-state index in [2.05, 4.69) is 22.2 Å². The zero-order valence-electron chi connectivity index (χ0n) is 36.4. The molecule has 17 nitrogen and oxygen atoms in total. The van der Waals surface area contributed by atoms with Gasteiger partial charge in [0, 0.05) is 23.3 Å². The first kappa shape index (κ1) is 44.1. The van der Waals surface area contributed by atoms with E-state index < -0.39 is 71.0 Å². The number of aliphatic hydroxyl groups excluding tert-OH is 1. The van der Waals surface area contributed by atoms with Gasteiger partial charge in [0.1, 0.15) is 54.5 Å². The fraction of sp³-hybridized carbons (Fsp3) is 0.192. The minimum atomic E-state index is -2.33. The van der Waals surface area contributed by atoms with Gasteiger partial charge in [0.05, 0.1) is 34.8 Å². The molecule has 344 valence electrons. The van der Waals surface area contributed by atoms with Crippen molar-refractivity contribution in [1.82, 2.24) is 19.9 Å². The summed E-state index contributed by atoms with van der Waals surface area (Å²) in [5, 5.41) is 41.5. The van der Waals surface area contributed by atoms with Gasteiger partial charge in [-0.2, -0.15) is 0 Å². The molecule has 4 heterocycles. The smallest absolute Gasteiger partial charge is 0.421 e. The molecule has 6 atom stereocenters. The molecule has 2 fully saturated rings. The average Bonchev–Trinajstić information content (AvgIpc) is 4.01. The SMILES string of the molecule is O=C1O[C@@H](c2ccccc2)[C@@H](c2ccccc2)N2[C@@H](c3ccccc3OCCO)[C@]3(C(=O)N(C(=O)OCc4ccc([N+](=O)[O-])cc4)c4ccc(C#CCn5nnc6ccccc65)cc43)[C@@H](C(=O)O)[C@H]12. The molecule has 0 aliphatic carbocycles. The number of ether oxygens (including phenoxy) is 3. The lowest BCUT2D eigenvalue weighted by Crippen LogP contribution is -2.53. The fourth-order valence-electron chi connectivity index (χ4n) is 10.1. The van der Waals surface area contributed by atoms with Crippen LogP contribution in [0.1, 0.15) is 51.6 Å². The fourth-order valence-corrected chi connectivity index (χ4v) is 10.1. The third kappa shape index (κ3) is 7.57. The third-order valence-electron chi connectivity index (χ3n) is 12.9. The van der Waals surface area contributed by atoms with E-state index in [9.17, 15) is 29.9 Å². The quantitative estimate of drug-likeness (QED) is 0.0587. The number of carboxylic acids is 1. The molecule has 3 aliphatic heterocycles. The monoisotopic (exact) mass is 924 g/mol. The Morgan fingerprint density at radius 1 is 0.841 bits per heavy atom. The number of non-ortho nitro benzene ring substituents is 1. The normalized spacial score (nSPS) is 21.5. The number of rotatable bonds is 11. The van der Waals surface area contributed by atoms with Crippen LogP contribution in [0.5, 0.6) is 5.75 Å². The lowest BCUT2D eigenvalue weighted by Gasteiger charge is -2.46. The lowest BCUT2D eigenvalue weighted by atomic mass is 9.65. The van der Waals surface area contributed by atoms with E-state index in [0.717, 1.165) is 10.4 Å². The Morgan fingerprint density at radius 2 is 1.54 bits per heavy atom. The number of aliphatic carboxylic acids is 1. The maximum atomic E-state index is 16.2. The number of nitro groups is 1. The molecule has 0 bridgehead atoms. The topological polar surface area (TPSA) is 217 Å². The molecule has 10 rings (SSSR count). The molecular formula is C52H40N6O11. The zero-order valence-corrected chi connectivity index (χ0v) is 36.4. The van der Waals surface area contributed by atoms with E-state index in [1.165, 1.54) is 30.3 Å². The summed E-state index contributed by atoms with van der Waals surface area (Å²) in [6, 6.07) is 38.2. The number of hydrogen-bond acceptors (Lipinski definition) is 13. The third-order valence-corrected chi connectivity index (χ3v) is 12.9. The van der Waals surface area contributed by atoms with Gasteiger partial charge in [0.15, 0.2) is 0 Å². The van der Waals surface area contributed by atoms with Gasteiger partial charge < -0.3 is 24.4 Å². The number of morpholine rings is 1. The first-order chi connectivity index (χ1) is 33.6. The zero-order chi connectivity index (χ0) is 47.8. The number of amides is 2. The van der Waals surface area contributed by atoms with Gasteiger partial charge in [0.2, 0.25) is 5.91 Å². The first-order valence-electron chi connectivity index (χ1n) is 21.9. The summed E-state index contributed by atoms with van der Waals surface area (Å²) in [5.74, 6) is 1.06. The number of nitrogens with zero attached hydrogens (tertiary/aromatic N) is 6. The van der Waals surface area contributed by atoms with Crippen LogP contribution in [0, 0.1) is 27.9 Å². The van der Waals surface area contributed by atoms with Crippen molar-refractivity contribution in [2.24, 2.45) is 5.92 Å². The second kappa shape index (κ2) is 18.2. The van der Waals surface area contributed by atoms with Crippen molar-refractivity contribution < 1.29 is 48.5 Å². The molecule has 3 aliphatic rings. The number of esters is 1. The number of carbonyl (C=O) groups excluding carboxylic acids is 3. The highest BCUT2D eigenvalue weighted by Crippen LogP contribution is 2.66. The Morgan fingerprint density at radius 3 is 2.26 bits per heavy atom. The highest BCUT2D eigenvalue weighted by Gasteiger charge is 2.76. The van der Waals surface area contributed by atoms with Gasteiger partial charge in [-0.15, -0.1) is 5.10 Å². The summed E-state index contributed by atoms with van der Waals surface area (Å²) in [7, 11) is 0. The van der Waals surface area contributed by atoms with E-state index in [1.807, 2.05) is 60.7 Å². The Labute approximate surface area is 393 Å². The second-order valence-electron chi connectivity index (χ2n) is 16.6. The van der Waals surface area contributed by atoms with Crippen LogP contribution in [0.25, 0.3) is 11.0 Å². The number of fused-ring (bicyclic) bond motifs is 4. The van der Waals surface area contributed by atoms with Crippen molar-refractivity contribution in [1.29, 1.82) is 0 Å². The van der Waals surface area contributed by atoms with Crippen LogP contribution in [0.15, 0.2) is 152 Å². The van der Waals surface area contributed by atoms with Crippen molar-refractivity contribution in [3.63, 3.8) is 0 Å². The molecule has 6 aromatic carbocycles. The number of hydrogen-bond donors (Lipinski definition) is 2. The first-order valence-corrected chi connectivity index (χ1v) is 21.9. The molecule has 1 aromatic heterocycles. The molecule has 2 N–H and O–H groups in total. The minimum Gasteiger partial charge on any atom is -0.491 e. The highest BCUT2D eigenvalue weighted by molar-refractivity contribution is 6.23. The Kier molecular flexibility index (Phi) is 11.6. The predicted molar refractivity (Wildman–Crippen MR) is 246 cm³/mol. The molecule has 2 amide bonds. The van der Waals surface area contributed by atoms with Crippen molar-refractivity contribution in [3.8, 4) is 17.6 Å². The number of anilines is 1. The van der Waals surface area contributed by atoms with Crippen LogP contribution in [0.4, 0.5) is 16.2 Å². The second-order valence-corrected chi connectivity index (χ2v) is 16.6. The van der Waals surface area contributed by atoms with Crippen LogP contribution in [0.2, 0.25) is 0 Å². The van der Waals surface area contributed by atoms with Crippen LogP contribution in [-0.2, 0) is 42.4 Å². The summed E-state index contributed by atoms with van der Waals surface area (Å²) >= 11 is 0. The van der Waals surface area contributed by atoms with E-state index in [-0.39, 0.29) is 48.0 Å². The van der Waals surface area contributed by atoms with Gasteiger partial charge in [-0.05, 0) is 70.8 Å². The average molecular weight is 925 g/mol. The van der Waals surface area contributed by atoms with Crippen molar-refractivity contribution in [2.45, 2.75) is 42.8 Å². The van der Waals surface area contributed by atoms with Gasteiger partial charge in [-0.25, -0.2) is 14.4 Å². The number of cyclic esters (lactones) is 1. The number of imide groups is 1. The molecule has 0 radical (unpaired) electrons. The Hall–Kier alpha value is -8.72. The summed E-state index contributed by atoms with van der Waals surface area (Å²) in [6.07, 6.45) is -2.20. The molecule has 17 heteroatoms. The van der Waals surface area contributed by atoms with Crippen LogP contribution in [0.3, 0.4) is 0 Å². The molecule has 0 unspecified atom stereocenters. The number of aliphatic hydroxyl groups is 1. The number of carbonyl (C=O) groups is 4. The van der Waals surface area contributed by atoms with Crippen LogP contribution in [-0.4, -0.2) is 78.2 Å². The number of benzene rings is 6. The molecule has 1 spiro atoms. The maximum Gasteiger partial charge on any atom is 0.421 e. The Balaban J connectivity index is 1.20. The lowest BCUT2D eigenvalue weighted by molar-refractivity contribution is -0.384. The molecule has 0 saturated carbocycles. The van der Waals surface area contributed by atoms with Crippen LogP contribution >= 0.6 is 0 Å². The molecule has 7 aromatic rings. The maximum absolute atomic E-state index is 16.2. The Bertz CT molecular complexity index is 3210. The predicted octanol–water partition coefficient (Wildman–Crippen LogP) is 6.85. The summed E-state index contributed by atoms with van der Waals surface area (Å²) in [4.78, 5) is 73.6. The van der Waals surface area contributed by atoms with E-state index in [4.69, 9.17) is 14.2 Å². The molecule has 69 heavy (non-hydrogen) atoms. The van der Waals surface area contributed by atoms with Gasteiger partial charge in [-0.1, -0.05) is 108 Å². The largest absolute Gasteiger partial charge is 0.491 e. The summed E-state index contributed by atoms with van der Waals surface area (Å²) < 4.78 is 19.9. The summed E-state index contributed by atoms with van der Waals surface area (Å²) in [6.45, 7) is -0.860. The van der Waals surface area contributed by atoms with Gasteiger partial charge in [-0.3, -0.25) is 29.4 Å². The van der Waals surface area contributed by atoms with Gasteiger partial charge in [0.25, 0.3) is 5.69 Å². The van der Waals surface area contributed by atoms with Crippen LogP contribution < -0.4 is 9.64 Å². The van der Waals surface area contributed by atoms with Crippen molar-refractivity contribution in [3.05, 3.63) is 195 Å². The van der Waals surface area contributed by atoms with E-state index in [1.54, 1.807) is 70.2 Å². The van der Waals surface area contributed by atoms with E-state index >= 15 is 9.59 Å².